The van der Waals surface area contributed by atoms with E-state index in [-0.39, 0.29) is 69.9 Å². The van der Waals surface area contributed by atoms with Gasteiger partial charge in [-0.15, -0.1) is 0 Å². The molecular formula is C93H110BCl5N14O30. The van der Waals surface area contributed by atoms with Crippen molar-refractivity contribution in [3.8, 4) is 11.4 Å². The Balaban J connectivity index is -0.000000766. The number of hydrogen-bond acceptors (Lipinski definition) is 39. The number of primary amides is 1. The molecule has 5 aromatic carbocycles. The zero-order chi connectivity index (χ0) is 110. The molecule has 0 aliphatic carbocycles. The molecule has 0 saturated carbocycles. The number of anilines is 1. The summed E-state index contributed by atoms with van der Waals surface area (Å²) in [5.74, 6) is -3.98. The molecule has 9 aromatic rings. The van der Waals surface area contributed by atoms with E-state index in [1.807, 2.05) is 40.6 Å². The second kappa shape index (κ2) is 78.2. The molecule has 0 atom stereocenters. The predicted molar refractivity (Wildman–Crippen MR) is 522 cm³/mol. The van der Waals surface area contributed by atoms with E-state index in [1.54, 1.807) is 78.8 Å². The summed E-state index contributed by atoms with van der Waals surface area (Å²) < 4.78 is 40.1. The molecule has 770 valence electrons. The number of methoxy groups -OCH3 is 6. The number of amides is 4. The topological polar surface area (TPSA) is 685 Å². The lowest BCUT2D eigenvalue weighted by Crippen LogP contribution is -2.36. The van der Waals surface area contributed by atoms with Crippen molar-refractivity contribution in [2.24, 2.45) is 22.2 Å². The summed E-state index contributed by atoms with van der Waals surface area (Å²) in [6, 6.07) is 38.8. The first-order valence-electron chi connectivity index (χ1n) is 41.5. The van der Waals surface area contributed by atoms with Gasteiger partial charge < -0.3 is 80.6 Å². The third-order valence-corrected chi connectivity index (χ3v) is 17.7. The molecular weight excluding hydrogens is 1980 g/mol. The van der Waals surface area contributed by atoms with Crippen LogP contribution in [-0.2, 0) is 123 Å². The molecule has 0 radical (unpaired) electrons. The molecule has 143 heavy (non-hydrogen) atoms. The number of H-pyrrole nitrogens is 2. The molecule has 44 nitrogen and oxygen atoms in total. The van der Waals surface area contributed by atoms with Crippen molar-refractivity contribution in [1.82, 2.24) is 45.2 Å². The third kappa shape index (κ3) is 56.9. The highest BCUT2D eigenvalue weighted by Gasteiger charge is 2.26. The first kappa shape index (κ1) is 134. The Morgan fingerprint density at radius 3 is 1.22 bits per heavy atom. The monoisotopic (exact) mass is 2090 g/mol. The van der Waals surface area contributed by atoms with Crippen molar-refractivity contribution < 1.29 is 134 Å². The van der Waals surface area contributed by atoms with E-state index in [0.717, 1.165) is 74.8 Å². The van der Waals surface area contributed by atoms with Gasteiger partial charge in [-0.2, -0.15) is 28.8 Å². The highest BCUT2D eigenvalue weighted by molar-refractivity contribution is 6.62. The molecule has 4 heterocycles. The van der Waals surface area contributed by atoms with E-state index in [4.69, 9.17) is 128 Å². The SMILES string of the molecule is CCCc1ccc(Cc2nc(-c3ccccc3Cl)nc(C)c2C(=O)OC)cc1.CCCc1ccc(Cc2nc(Cl)nc(C)c2C(=O)OC)cc1.CCCc1ccc(N)cc1.CCOC(=O)N=C=O.CCOC(=O)NC(=O)/C(C(=O)OC)=C(/C)N.CCOC(N)=O.COC(=O)/C=C(\C)N.COC(=O)c1c(C)[nH]c(=O)[nH]c1=O.COC(=O)c1c(C)nc(Cl)nc1Cl.O=C=O.O=C=O.O=C=O.OB(O)c1ccccc1Cl. The number of imide groups is 1. The number of carbonyl (C=O) groups excluding carboxylic acids is 17. The minimum atomic E-state index is -1.48. The average molecular weight is 2090 g/mol. The maximum atomic E-state index is 12.4. The molecule has 0 saturated heterocycles. The molecule has 9 rings (SSSR count). The first-order valence-corrected chi connectivity index (χ1v) is 43.4. The van der Waals surface area contributed by atoms with Gasteiger partial charge in [-0.25, -0.2) is 82.6 Å². The van der Waals surface area contributed by atoms with E-state index < -0.39 is 83.9 Å². The lowest BCUT2D eigenvalue weighted by atomic mass is 9.80. The molecule has 4 amide bonds. The van der Waals surface area contributed by atoms with Crippen LogP contribution < -0.4 is 45.0 Å². The molecule has 0 bridgehead atoms. The number of rotatable bonds is 22. The molecule has 0 aliphatic rings. The number of halogens is 5. The summed E-state index contributed by atoms with van der Waals surface area (Å²) in [5, 5.41) is 20.3. The Hall–Kier alpha value is -15.6. The normalized spacial score (nSPS) is 9.59. The lowest BCUT2D eigenvalue weighted by molar-refractivity contribution is -0.193. The third-order valence-electron chi connectivity index (χ3n) is 16.4. The van der Waals surface area contributed by atoms with E-state index in [0.29, 0.717) is 86.1 Å². The predicted octanol–water partition coefficient (Wildman–Crippen LogP) is 11.0. The first-order chi connectivity index (χ1) is 67.6. The zero-order valence-electron chi connectivity index (χ0n) is 81.1. The number of benzene rings is 5. The number of alkyl carbamates (subject to hydrolysis) is 1. The van der Waals surface area contributed by atoms with Gasteiger partial charge in [0.25, 0.3) is 11.5 Å². The number of nitrogens with two attached hydrogens (primary N) is 4. The van der Waals surface area contributed by atoms with Gasteiger partial charge >= 0.3 is 85.4 Å². The lowest BCUT2D eigenvalue weighted by Gasteiger charge is -2.13. The van der Waals surface area contributed by atoms with E-state index in [9.17, 15) is 62.3 Å². The summed E-state index contributed by atoms with van der Waals surface area (Å²) in [4.78, 5) is 221. The Morgan fingerprint density at radius 1 is 0.476 bits per heavy atom. The molecule has 0 spiro atoms. The number of aliphatic imine (C=N–C) groups is 1. The largest absolute Gasteiger partial charge is 0.489 e. The van der Waals surface area contributed by atoms with Crippen LogP contribution in [-0.4, -0.2) is 204 Å². The van der Waals surface area contributed by atoms with Crippen LogP contribution >= 0.6 is 58.0 Å². The number of nitrogen functional groups attached to an aromatic ring is 1. The number of aryl methyl sites for hydroxylation is 7. The minimum Gasteiger partial charge on any atom is -0.466 e. The molecule has 13 N–H and O–H groups in total. The number of aromatic amines is 2. The van der Waals surface area contributed by atoms with Crippen LogP contribution in [0.1, 0.15) is 178 Å². The van der Waals surface area contributed by atoms with Crippen LogP contribution in [0.5, 0.6) is 0 Å². The number of allylic oxidation sites excluding steroid dienone is 2. The summed E-state index contributed by atoms with van der Waals surface area (Å²) in [5.41, 5.74) is 30.9. The summed E-state index contributed by atoms with van der Waals surface area (Å²) in [6.07, 6.45) is 8.20. The number of ether oxygens (including phenoxy) is 9. The smallest absolute Gasteiger partial charge is 0.466 e. The number of isocyanates is 1. The van der Waals surface area contributed by atoms with Crippen LogP contribution in [0.2, 0.25) is 25.8 Å². The summed E-state index contributed by atoms with van der Waals surface area (Å²) in [6.45, 7) is 21.6. The van der Waals surface area contributed by atoms with Crippen molar-refractivity contribution in [3.63, 3.8) is 0 Å². The zero-order valence-corrected chi connectivity index (χ0v) is 84.9. The van der Waals surface area contributed by atoms with Crippen molar-refractivity contribution in [3.05, 3.63) is 275 Å². The molecule has 0 unspecified atom stereocenters. The van der Waals surface area contributed by atoms with Crippen LogP contribution in [0.3, 0.4) is 0 Å². The van der Waals surface area contributed by atoms with Gasteiger partial charge in [0, 0.05) is 57.7 Å². The summed E-state index contributed by atoms with van der Waals surface area (Å²) >= 11 is 29.0. The van der Waals surface area contributed by atoms with E-state index >= 15 is 0 Å². The number of carbonyl (C=O) groups is 10. The van der Waals surface area contributed by atoms with Gasteiger partial charge in [-0.1, -0.05) is 171 Å². The molecule has 50 heteroatoms. The Labute approximate surface area is 846 Å². The second-order valence-corrected chi connectivity index (χ2v) is 28.7. The number of hydrogen-bond donors (Lipinski definition) is 9. The van der Waals surface area contributed by atoms with Gasteiger partial charge in [-0.3, -0.25) is 19.9 Å². The molecule has 4 aromatic heterocycles. The summed E-state index contributed by atoms with van der Waals surface area (Å²) in [7, 11) is 6.06. The van der Waals surface area contributed by atoms with E-state index in [2.05, 4.69) is 155 Å². The Bertz CT molecular complexity index is 5870. The maximum Gasteiger partial charge on any atom is 0.489 e. The van der Waals surface area contributed by atoms with Gasteiger partial charge in [0.15, 0.2) is 5.82 Å². The fourth-order valence-corrected chi connectivity index (χ4v) is 11.7. The van der Waals surface area contributed by atoms with Gasteiger partial charge in [0.2, 0.25) is 16.6 Å². The highest BCUT2D eigenvalue weighted by atomic mass is 35.5. The highest BCUT2D eigenvalue weighted by Crippen LogP contribution is 2.29. The number of aromatic nitrogens is 8. The fraction of sp³-hybridized carbons (Fsp3) is 0.312. The number of esters is 6. The average Bonchev–Trinajstić information content (AvgIpc) is 0.790. The molecule has 0 aliphatic heterocycles. The Morgan fingerprint density at radius 2 is 0.867 bits per heavy atom. The fourth-order valence-electron chi connectivity index (χ4n) is 10.5. The van der Waals surface area contributed by atoms with Crippen LogP contribution in [0.4, 0.5) is 20.1 Å². The van der Waals surface area contributed by atoms with Crippen LogP contribution in [0, 0.1) is 27.7 Å². The van der Waals surface area contributed by atoms with Gasteiger partial charge in [-0.05, 0) is 163 Å². The van der Waals surface area contributed by atoms with Crippen molar-refractivity contribution in [2.45, 2.75) is 134 Å². The standard InChI is InChI=1S/C23H23ClN2O2.C17H19ClN2O2.C9H14N2O5.C9H13N.C7H6Cl2N2O2.C7H8N2O4.C6H6BClO2.C5H9NO2.C4H5NO3.C3H7NO2.3CO2/c1-4-7-16-10-12-17(13-11-16)14-20-21(23(27)28-3)15(2)25-22(26-20)18-8-5-6-9-19(18)24;1-4-5-12-6-8-13(9-7-12)10-14-15(16(21)22-3)11(2)19-17(18)20-14;1-4-16-9(14)11-7(12)6(5(2)10)8(13)15-3;1-2-3-8-4-6-9(10)7-5-8;1-3-4(6(12)13-2)5(8)11-7(9)10-3;1-3-4(6(11)13-2)5(10)9-7(12)8-3;8-6-4-2-1-3-5(6)7(9)10;1-4(6)3-5(7)8-2;1-2-8-4(7)5-3-6;1-2-6-3(4)5;3*2-1-3/h5-6,8-13H,4,7,14H2,1-3H3;6-9H,4-5,10H2,1-3H3;4,10H2,1-3H3,(H,11,12,14);4-7H,2-3,10H2,1H3;1-2H3;1-2H3,(H2,8,9,10,12);1-4,9-10H;3H,6H2,1-2H3;2H2,1H3;2H2,1H3,(H2,4,5);;;/b;;6-5+;;;;;4-3+;;;;;. The second-order valence-electron chi connectivity index (χ2n) is 26.9. The Kier molecular flexibility index (Phi) is 73.1. The van der Waals surface area contributed by atoms with Crippen molar-refractivity contribution in [1.29, 1.82) is 0 Å². The van der Waals surface area contributed by atoms with Gasteiger partial charge in [0.05, 0.1) is 96.0 Å². The van der Waals surface area contributed by atoms with E-state index in [1.165, 1.54) is 71.5 Å². The molecule has 0 fully saturated rings. The minimum absolute atomic E-state index is 0.00403. The van der Waals surface area contributed by atoms with Crippen molar-refractivity contribution >= 4 is 161 Å². The van der Waals surface area contributed by atoms with Crippen molar-refractivity contribution in [2.75, 3.05) is 68.2 Å². The van der Waals surface area contributed by atoms with Gasteiger partial charge in [0.1, 0.15) is 33.0 Å². The maximum absolute atomic E-state index is 12.4. The number of nitrogens with zero attached hydrogens (tertiary/aromatic N) is 7. The van der Waals surface area contributed by atoms with Crippen LogP contribution in [0.15, 0.2) is 159 Å². The quantitative estimate of drug-likeness (QED) is 0.00260. The number of nitrogens with one attached hydrogen (secondary N) is 3. The van der Waals surface area contributed by atoms with Crippen LogP contribution in [0.25, 0.3) is 11.4 Å².